The number of ether oxygens (including phenoxy) is 1. The van der Waals surface area contributed by atoms with Gasteiger partial charge in [0.15, 0.2) is 0 Å². The Hall–Kier alpha value is -2.41. The third kappa shape index (κ3) is 4.79. The first-order chi connectivity index (χ1) is 12.0. The molecule has 1 fully saturated rings. The lowest BCUT2D eigenvalue weighted by Gasteiger charge is -2.39. The van der Waals surface area contributed by atoms with E-state index in [9.17, 15) is 14.3 Å². The van der Waals surface area contributed by atoms with Crippen molar-refractivity contribution in [2.24, 2.45) is 0 Å². The standard InChI is InChI=1S/C18H22FN3O3/c19-15-2-4-16(5-3-15)25-13-18(24)7-1-9-22(12-18)17(23)6-10-21-11-8-20-14-21/h2-5,8,11,14,24H,1,6-7,9-10,12-13H2. The molecule has 1 aromatic heterocycles. The fourth-order valence-corrected chi connectivity index (χ4v) is 2.99. The maximum Gasteiger partial charge on any atom is 0.224 e. The largest absolute Gasteiger partial charge is 0.491 e. The fraction of sp³-hybridized carbons (Fsp3) is 0.444. The number of aryl methyl sites for hydroxylation is 1. The summed E-state index contributed by atoms with van der Waals surface area (Å²) in [5.41, 5.74) is -1.09. The lowest BCUT2D eigenvalue weighted by atomic mass is 9.93. The molecule has 0 bridgehead atoms. The quantitative estimate of drug-likeness (QED) is 0.866. The second-order valence-corrected chi connectivity index (χ2v) is 6.44. The van der Waals surface area contributed by atoms with Gasteiger partial charge in [-0.2, -0.15) is 0 Å². The zero-order valence-corrected chi connectivity index (χ0v) is 14.0. The predicted octanol–water partition coefficient (Wildman–Crippen LogP) is 1.84. The number of nitrogens with zero attached hydrogens (tertiary/aromatic N) is 3. The SMILES string of the molecule is O=C(CCn1ccnc1)N1CCCC(O)(COc2ccc(F)cc2)C1. The highest BCUT2D eigenvalue weighted by molar-refractivity contribution is 5.76. The minimum Gasteiger partial charge on any atom is -0.491 e. The van der Waals surface area contributed by atoms with Crippen LogP contribution in [0.5, 0.6) is 5.75 Å². The monoisotopic (exact) mass is 347 g/mol. The summed E-state index contributed by atoms with van der Waals surface area (Å²) in [5, 5.41) is 10.8. The van der Waals surface area contributed by atoms with Crippen LogP contribution in [-0.2, 0) is 11.3 Å². The number of aliphatic hydroxyl groups is 1. The first-order valence-corrected chi connectivity index (χ1v) is 8.38. The van der Waals surface area contributed by atoms with Gasteiger partial charge in [0.25, 0.3) is 0 Å². The number of likely N-dealkylation sites (tertiary alicyclic amines) is 1. The van der Waals surface area contributed by atoms with Gasteiger partial charge in [-0.15, -0.1) is 0 Å². The molecule has 7 heteroatoms. The Balaban J connectivity index is 1.51. The molecule has 0 radical (unpaired) electrons. The summed E-state index contributed by atoms with van der Waals surface area (Å²) in [6.07, 6.45) is 6.83. The van der Waals surface area contributed by atoms with E-state index < -0.39 is 5.60 Å². The van der Waals surface area contributed by atoms with Crippen LogP contribution in [0.2, 0.25) is 0 Å². The Labute approximate surface area is 145 Å². The van der Waals surface area contributed by atoms with Crippen LogP contribution in [0.15, 0.2) is 43.0 Å². The summed E-state index contributed by atoms with van der Waals surface area (Å²) in [4.78, 5) is 18.0. The zero-order chi connectivity index (χ0) is 17.7. The number of piperidine rings is 1. The molecule has 1 atom stereocenters. The number of carbonyl (C=O) groups is 1. The van der Waals surface area contributed by atoms with Crippen LogP contribution in [0.3, 0.4) is 0 Å². The van der Waals surface area contributed by atoms with E-state index in [1.807, 2.05) is 10.8 Å². The molecule has 1 aliphatic heterocycles. The second-order valence-electron chi connectivity index (χ2n) is 6.44. The number of rotatable bonds is 6. The summed E-state index contributed by atoms with van der Waals surface area (Å²) in [6.45, 7) is 1.53. The first-order valence-electron chi connectivity index (χ1n) is 8.38. The molecule has 0 spiro atoms. The number of hydrogen-bond acceptors (Lipinski definition) is 4. The van der Waals surface area contributed by atoms with E-state index in [0.29, 0.717) is 31.7 Å². The molecule has 1 amide bonds. The van der Waals surface area contributed by atoms with E-state index in [0.717, 1.165) is 6.42 Å². The summed E-state index contributed by atoms with van der Waals surface area (Å²) in [7, 11) is 0. The van der Waals surface area contributed by atoms with Gasteiger partial charge >= 0.3 is 0 Å². The van der Waals surface area contributed by atoms with Crippen molar-refractivity contribution in [2.75, 3.05) is 19.7 Å². The van der Waals surface area contributed by atoms with Gasteiger partial charge in [0, 0.05) is 31.9 Å². The molecule has 25 heavy (non-hydrogen) atoms. The van der Waals surface area contributed by atoms with Crippen LogP contribution in [0.25, 0.3) is 0 Å². The van der Waals surface area contributed by atoms with Crippen molar-refractivity contribution in [3.05, 3.63) is 48.8 Å². The molecule has 0 saturated carbocycles. The van der Waals surface area contributed by atoms with E-state index in [4.69, 9.17) is 4.74 Å². The summed E-state index contributed by atoms with van der Waals surface area (Å²) >= 11 is 0. The number of halogens is 1. The highest BCUT2D eigenvalue weighted by Crippen LogP contribution is 2.23. The van der Waals surface area contributed by atoms with Crippen LogP contribution >= 0.6 is 0 Å². The van der Waals surface area contributed by atoms with Crippen LogP contribution < -0.4 is 4.74 Å². The summed E-state index contributed by atoms with van der Waals surface area (Å²) < 4.78 is 20.4. The van der Waals surface area contributed by atoms with Crippen LogP contribution in [-0.4, -0.2) is 50.8 Å². The first kappa shape index (κ1) is 17.4. The molecule has 1 saturated heterocycles. The normalized spacial score (nSPS) is 20.5. The van der Waals surface area contributed by atoms with Gasteiger partial charge in [-0.25, -0.2) is 9.37 Å². The minimum absolute atomic E-state index is 0.00797. The van der Waals surface area contributed by atoms with E-state index >= 15 is 0 Å². The van der Waals surface area contributed by atoms with E-state index in [-0.39, 0.29) is 24.9 Å². The molecule has 0 aliphatic carbocycles. The molecular formula is C18H22FN3O3. The predicted molar refractivity (Wildman–Crippen MR) is 89.5 cm³/mol. The number of hydrogen-bond donors (Lipinski definition) is 1. The van der Waals surface area contributed by atoms with Crippen molar-refractivity contribution in [3.8, 4) is 5.75 Å². The average molecular weight is 347 g/mol. The Morgan fingerprint density at radius 1 is 1.36 bits per heavy atom. The lowest BCUT2D eigenvalue weighted by Crippen LogP contribution is -2.53. The average Bonchev–Trinajstić information content (AvgIpc) is 3.13. The van der Waals surface area contributed by atoms with Crippen LogP contribution in [0.1, 0.15) is 19.3 Å². The molecule has 1 aromatic carbocycles. The number of β-amino-alcohol motifs (C(OH)–C–C–N with tert-alkyl or cyclic N) is 1. The number of aromatic nitrogens is 2. The van der Waals surface area contributed by atoms with Crippen molar-refractivity contribution in [2.45, 2.75) is 31.4 Å². The Morgan fingerprint density at radius 2 is 2.16 bits per heavy atom. The molecule has 1 N–H and O–H groups in total. The molecular weight excluding hydrogens is 325 g/mol. The molecule has 6 nitrogen and oxygen atoms in total. The lowest BCUT2D eigenvalue weighted by molar-refractivity contribution is -0.140. The van der Waals surface area contributed by atoms with Crippen molar-refractivity contribution < 1.29 is 19.0 Å². The fourth-order valence-electron chi connectivity index (χ4n) is 2.99. The molecule has 1 aliphatic rings. The summed E-state index contributed by atoms with van der Waals surface area (Å²) in [6, 6.07) is 5.67. The molecule has 134 valence electrons. The number of imidazole rings is 1. The molecule has 2 aromatic rings. The maximum absolute atomic E-state index is 12.9. The van der Waals surface area contributed by atoms with Gasteiger partial charge in [0.1, 0.15) is 23.8 Å². The van der Waals surface area contributed by atoms with Gasteiger partial charge in [-0.1, -0.05) is 0 Å². The molecule has 3 rings (SSSR count). The second kappa shape index (κ2) is 7.65. The number of benzene rings is 1. The van der Waals surface area contributed by atoms with E-state index in [1.54, 1.807) is 17.4 Å². The smallest absolute Gasteiger partial charge is 0.224 e. The van der Waals surface area contributed by atoms with Crippen LogP contribution in [0.4, 0.5) is 4.39 Å². The Kier molecular flexibility index (Phi) is 5.33. The molecule has 1 unspecified atom stereocenters. The van der Waals surface area contributed by atoms with E-state index in [2.05, 4.69) is 4.98 Å². The third-order valence-corrected chi connectivity index (χ3v) is 4.37. The van der Waals surface area contributed by atoms with Gasteiger partial charge in [-0.05, 0) is 37.1 Å². The topological polar surface area (TPSA) is 67.6 Å². The summed E-state index contributed by atoms with van der Waals surface area (Å²) in [5.74, 6) is 0.172. The van der Waals surface area contributed by atoms with Crippen molar-refractivity contribution >= 4 is 5.91 Å². The van der Waals surface area contributed by atoms with Crippen LogP contribution in [0, 0.1) is 5.82 Å². The molecule has 2 heterocycles. The minimum atomic E-state index is -1.09. The van der Waals surface area contributed by atoms with Crippen molar-refractivity contribution in [3.63, 3.8) is 0 Å². The van der Waals surface area contributed by atoms with Gasteiger partial charge in [0.2, 0.25) is 5.91 Å². The van der Waals surface area contributed by atoms with Gasteiger partial charge < -0.3 is 19.3 Å². The van der Waals surface area contributed by atoms with Gasteiger partial charge in [-0.3, -0.25) is 4.79 Å². The maximum atomic E-state index is 12.9. The zero-order valence-electron chi connectivity index (χ0n) is 14.0. The van der Waals surface area contributed by atoms with Gasteiger partial charge in [0.05, 0.1) is 12.9 Å². The Bertz CT molecular complexity index is 690. The highest BCUT2D eigenvalue weighted by Gasteiger charge is 2.35. The van der Waals surface area contributed by atoms with E-state index in [1.165, 1.54) is 24.3 Å². The number of amides is 1. The third-order valence-electron chi connectivity index (χ3n) is 4.37. The number of carbonyl (C=O) groups excluding carboxylic acids is 1. The van der Waals surface area contributed by atoms with Crippen molar-refractivity contribution in [1.29, 1.82) is 0 Å². The Morgan fingerprint density at radius 3 is 2.88 bits per heavy atom. The highest BCUT2D eigenvalue weighted by atomic mass is 19.1. The van der Waals surface area contributed by atoms with Crippen molar-refractivity contribution in [1.82, 2.24) is 14.5 Å².